The Kier molecular flexibility index (Phi) is 21.7. The zero-order valence-electron chi connectivity index (χ0n) is 42.0. The standard InChI is InChI=1S/C45H72N4O21/c1-18-34(46-22(5)50)43(64-30(38(18)58)14-60-26(9)54)68-40-20(3)36(48-24(7)52)45(66-32(40)16-62-28(11)56)70-41-21(4)37(49-25(8)53)44(67-33(41)17-63-29(12)57)69-39-19(2)35(47-23(6)51)42(59-13)65-31(39)15-61-27(10)55/h18-21,30-45,58H,14-17H2,1-13H3,(H,46,50)(H,47,51)(H,48,52)(H,49,53)/t18-,19?,20?,21-,30?,31?,32?,33?,34-,35+,36+,37-,38?,39+,40+,41?,42+,43?,44?,45-/m1/s1. The van der Waals surface area contributed by atoms with Gasteiger partial charge in [-0.15, -0.1) is 0 Å². The molecule has 0 spiro atoms. The van der Waals surface area contributed by atoms with Gasteiger partial charge < -0.3 is 83.2 Å². The second-order valence-corrected chi connectivity index (χ2v) is 18.3. The molecule has 25 nitrogen and oxygen atoms in total. The van der Waals surface area contributed by atoms with E-state index in [-0.39, 0.29) is 19.1 Å². The lowest BCUT2D eigenvalue weighted by atomic mass is 9.85. The van der Waals surface area contributed by atoms with Crippen LogP contribution in [0.1, 0.15) is 83.1 Å². The van der Waals surface area contributed by atoms with Crippen molar-refractivity contribution in [1.82, 2.24) is 21.3 Å². The summed E-state index contributed by atoms with van der Waals surface area (Å²) in [7, 11) is 1.39. The van der Waals surface area contributed by atoms with Crippen LogP contribution >= 0.6 is 0 Å². The second-order valence-electron chi connectivity index (χ2n) is 18.3. The maximum atomic E-state index is 13.0. The van der Waals surface area contributed by atoms with Crippen molar-refractivity contribution in [2.24, 2.45) is 23.7 Å². The van der Waals surface area contributed by atoms with E-state index in [1.54, 1.807) is 27.7 Å². The van der Waals surface area contributed by atoms with E-state index >= 15 is 0 Å². The molecule has 25 heteroatoms. The number of carbonyl (C=O) groups is 8. The Morgan fingerprint density at radius 1 is 0.400 bits per heavy atom. The first-order valence-electron chi connectivity index (χ1n) is 23.2. The van der Waals surface area contributed by atoms with Gasteiger partial charge in [-0.25, -0.2) is 0 Å². The first-order valence-corrected chi connectivity index (χ1v) is 23.2. The van der Waals surface area contributed by atoms with Crippen LogP contribution in [0, 0.1) is 23.7 Å². The van der Waals surface area contributed by atoms with Crippen molar-refractivity contribution in [1.29, 1.82) is 0 Å². The van der Waals surface area contributed by atoms with Crippen molar-refractivity contribution >= 4 is 47.5 Å². The third kappa shape index (κ3) is 15.7. The van der Waals surface area contributed by atoms with Crippen molar-refractivity contribution in [3.63, 3.8) is 0 Å². The lowest BCUT2D eigenvalue weighted by Crippen LogP contribution is -2.68. The molecule has 4 amide bonds. The average molecular weight is 1010 g/mol. The van der Waals surface area contributed by atoms with Crippen LogP contribution in [0.25, 0.3) is 0 Å². The third-order valence-corrected chi connectivity index (χ3v) is 12.6. The molecule has 0 bridgehead atoms. The van der Waals surface area contributed by atoms with Crippen LogP contribution in [0.2, 0.25) is 0 Å². The molecule has 0 aliphatic carbocycles. The number of methoxy groups -OCH3 is 1. The van der Waals surface area contributed by atoms with Crippen molar-refractivity contribution in [3.8, 4) is 0 Å². The van der Waals surface area contributed by atoms with E-state index in [9.17, 15) is 43.5 Å². The van der Waals surface area contributed by atoms with Gasteiger partial charge >= 0.3 is 23.9 Å². The van der Waals surface area contributed by atoms with Crippen molar-refractivity contribution in [3.05, 3.63) is 0 Å². The quantitative estimate of drug-likeness (QED) is 0.0755. The molecule has 0 aromatic rings. The van der Waals surface area contributed by atoms with Crippen LogP contribution in [0.3, 0.4) is 0 Å². The summed E-state index contributed by atoms with van der Waals surface area (Å²) in [6, 6.07) is -3.82. The molecule has 70 heavy (non-hydrogen) atoms. The molecule has 4 aliphatic rings. The number of hydrogen-bond donors (Lipinski definition) is 5. The Balaban J connectivity index is 1.75. The first kappa shape index (κ1) is 58.0. The number of amides is 4. The van der Waals surface area contributed by atoms with Gasteiger partial charge in [0.15, 0.2) is 25.2 Å². The largest absolute Gasteiger partial charge is 0.463 e. The van der Waals surface area contributed by atoms with Gasteiger partial charge in [0.25, 0.3) is 0 Å². The first-order chi connectivity index (χ1) is 32.8. The normalized spacial score (nSPS) is 37.4. The molecule has 0 saturated carbocycles. The predicted octanol–water partition coefficient (Wildman–Crippen LogP) is -1.14. The van der Waals surface area contributed by atoms with E-state index in [4.69, 9.17) is 56.8 Å². The Morgan fingerprint density at radius 3 is 0.914 bits per heavy atom. The molecule has 4 saturated heterocycles. The van der Waals surface area contributed by atoms with E-state index in [2.05, 4.69) is 21.3 Å². The van der Waals surface area contributed by atoms with Gasteiger partial charge in [-0.3, -0.25) is 38.4 Å². The van der Waals surface area contributed by atoms with Gasteiger partial charge in [-0.05, 0) is 0 Å². The van der Waals surface area contributed by atoms with E-state index < -0.39 is 177 Å². The number of aliphatic hydroxyl groups excluding tert-OH is 1. The second kappa shape index (κ2) is 26.2. The van der Waals surface area contributed by atoms with E-state index in [1.807, 2.05) is 0 Å². The minimum atomic E-state index is -1.40. The zero-order valence-corrected chi connectivity index (χ0v) is 42.0. The highest BCUT2D eigenvalue weighted by molar-refractivity contribution is 5.74. The number of aliphatic hydroxyl groups is 1. The van der Waals surface area contributed by atoms with E-state index in [0.717, 1.165) is 0 Å². The molecule has 20 atom stereocenters. The minimum absolute atomic E-state index is 0.287. The Hall–Kier alpha value is -4.60. The summed E-state index contributed by atoms with van der Waals surface area (Å²) in [5.41, 5.74) is 0. The predicted molar refractivity (Wildman–Crippen MR) is 236 cm³/mol. The number of nitrogens with one attached hydrogen (secondary N) is 4. The molecule has 398 valence electrons. The Bertz CT molecular complexity index is 1830. The van der Waals surface area contributed by atoms with Crippen LogP contribution in [0.15, 0.2) is 0 Å². The number of ether oxygens (including phenoxy) is 12. The third-order valence-electron chi connectivity index (χ3n) is 12.6. The summed E-state index contributed by atoms with van der Waals surface area (Å²) in [6.45, 7) is 15.3. The van der Waals surface area contributed by atoms with Crippen molar-refractivity contribution in [2.75, 3.05) is 33.5 Å². The molecule has 5 N–H and O–H groups in total. The number of esters is 4. The van der Waals surface area contributed by atoms with Crippen LogP contribution in [-0.4, -0.2) is 184 Å². The summed E-state index contributed by atoms with van der Waals surface area (Å²) in [5.74, 6) is -7.32. The molecule has 4 rings (SSSR count). The molecular formula is C45H72N4O21. The Morgan fingerprint density at radius 2 is 0.643 bits per heavy atom. The highest BCUT2D eigenvalue weighted by Gasteiger charge is 2.55. The number of carbonyl (C=O) groups excluding carboxylic acids is 8. The summed E-state index contributed by atoms with van der Waals surface area (Å²) < 4.78 is 72.6. The highest BCUT2D eigenvalue weighted by Crippen LogP contribution is 2.39. The van der Waals surface area contributed by atoms with Gasteiger partial charge in [0, 0.05) is 86.2 Å². The molecule has 10 unspecified atom stereocenters. The van der Waals surface area contributed by atoms with Gasteiger partial charge in [0.1, 0.15) is 50.8 Å². The molecule has 0 aromatic carbocycles. The highest BCUT2D eigenvalue weighted by atomic mass is 16.8. The van der Waals surface area contributed by atoms with Gasteiger partial charge in [0.2, 0.25) is 23.6 Å². The number of rotatable bonds is 19. The van der Waals surface area contributed by atoms with Gasteiger partial charge in [-0.2, -0.15) is 0 Å². The summed E-state index contributed by atoms with van der Waals surface area (Å²) in [5, 5.41) is 22.5. The SMILES string of the molecule is CO[C@H]1OC(COC(C)=O)[C@@H](OC2OC(COC(C)=O)C(O[C@H]3OC(COC(C)=O)[C@@H](OC4OC(COC(C)=O)C(O)[C@H](C)[C@H]4NC(C)=O)C(C)[C@@H]3NC(C)=O)[C@H](C)[C@H]2NC(C)=O)C(C)[C@@H]1NC(C)=O. The molecule has 4 heterocycles. The Labute approximate surface area is 406 Å². The average Bonchev–Trinajstić information content (AvgIpc) is 3.26. The van der Waals surface area contributed by atoms with Crippen molar-refractivity contribution in [2.45, 2.75) is 181 Å². The fraction of sp³-hybridized carbons (Fsp3) is 0.822. The fourth-order valence-corrected chi connectivity index (χ4v) is 9.24. The fourth-order valence-electron chi connectivity index (χ4n) is 9.24. The molecule has 4 aliphatic heterocycles. The molecule has 4 fully saturated rings. The smallest absolute Gasteiger partial charge is 0.302 e. The lowest BCUT2D eigenvalue weighted by molar-refractivity contribution is -0.351. The topological polar surface area (TPSA) is 316 Å². The summed E-state index contributed by atoms with van der Waals surface area (Å²) in [4.78, 5) is 99.2. The number of hydrogen-bond acceptors (Lipinski definition) is 21. The monoisotopic (exact) mass is 1000 g/mol. The summed E-state index contributed by atoms with van der Waals surface area (Å²) in [6.07, 6.45) is -13.9. The minimum Gasteiger partial charge on any atom is -0.463 e. The van der Waals surface area contributed by atoms with Crippen LogP contribution in [-0.2, 0) is 95.2 Å². The maximum Gasteiger partial charge on any atom is 0.302 e. The molecular weight excluding hydrogens is 933 g/mol. The molecule has 0 aromatic heterocycles. The lowest BCUT2D eigenvalue weighted by Gasteiger charge is -2.52. The van der Waals surface area contributed by atoms with E-state index in [0.29, 0.717) is 0 Å². The van der Waals surface area contributed by atoms with E-state index in [1.165, 1.54) is 62.5 Å². The van der Waals surface area contributed by atoms with Crippen molar-refractivity contribution < 1.29 is 100 Å². The van der Waals surface area contributed by atoms with Crippen LogP contribution < -0.4 is 21.3 Å². The van der Waals surface area contributed by atoms with Crippen LogP contribution in [0.5, 0.6) is 0 Å². The van der Waals surface area contributed by atoms with Crippen LogP contribution in [0.4, 0.5) is 0 Å². The van der Waals surface area contributed by atoms with Gasteiger partial charge in [0.05, 0.1) is 48.6 Å². The molecule has 0 radical (unpaired) electrons. The maximum absolute atomic E-state index is 13.0. The summed E-state index contributed by atoms with van der Waals surface area (Å²) >= 11 is 0. The van der Waals surface area contributed by atoms with Gasteiger partial charge in [-0.1, -0.05) is 27.7 Å². The zero-order chi connectivity index (χ0) is 52.3.